The van der Waals surface area contributed by atoms with Crippen LogP contribution in [0.15, 0.2) is 129 Å². The molecule has 1 aromatic heterocycles. The zero-order chi connectivity index (χ0) is 32.6. The van der Waals surface area contributed by atoms with Crippen molar-refractivity contribution in [2.45, 2.75) is 13.2 Å². The Morgan fingerprint density at radius 2 is 1.72 bits per heavy atom. The van der Waals surface area contributed by atoms with E-state index in [1.165, 1.54) is 16.7 Å². The molecular weight excluding hydrogens is 657 g/mol. The summed E-state index contributed by atoms with van der Waals surface area (Å²) >= 11 is 13.5. The third-order valence-electron chi connectivity index (χ3n) is 6.85. The number of hydrogen-bond acceptors (Lipinski definition) is 8. The number of nitrogens with zero attached hydrogens (tertiary/aromatic N) is 3. The van der Waals surface area contributed by atoms with Crippen LogP contribution in [0.1, 0.15) is 22.5 Å². The number of carbonyl (C=O) groups excluding carboxylic acids is 1. The summed E-state index contributed by atoms with van der Waals surface area (Å²) in [5.41, 5.74) is 2.33. The summed E-state index contributed by atoms with van der Waals surface area (Å²) in [7, 11) is 1.56. The zero-order valence-corrected chi connectivity index (χ0v) is 27.3. The van der Waals surface area contributed by atoms with E-state index in [-0.39, 0.29) is 19.1 Å². The molecule has 8 nitrogen and oxygen atoms in total. The standard InChI is InChI=1S/C36H27Cl2N3O5S/c1-43-33-18-25(12-15-32(33)45-23-26-13-14-27(37)20-31(26)38)21-39-40-36-41(22-30-11-6-16-44-30)35(42)34(47-36)19-24-7-5-10-29(17-24)46-28-8-3-2-4-9-28/h2-21H,22-23H2,1H3/b34-19-,39-21+,40-36-. The summed E-state index contributed by atoms with van der Waals surface area (Å²) in [6.45, 7) is 0.448. The quantitative estimate of drug-likeness (QED) is 0.0783. The summed E-state index contributed by atoms with van der Waals surface area (Å²) in [5, 5.41) is 10.2. The number of furan rings is 1. The monoisotopic (exact) mass is 683 g/mol. The molecule has 0 saturated carbocycles. The van der Waals surface area contributed by atoms with E-state index in [9.17, 15) is 4.79 Å². The Hall–Kier alpha value is -4.96. The van der Waals surface area contributed by atoms with Gasteiger partial charge in [0, 0.05) is 15.6 Å². The van der Waals surface area contributed by atoms with Crippen molar-refractivity contribution < 1.29 is 23.4 Å². The van der Waals surface area contributed by atoms with Gasteiger partial charge in [0.25, 0.3) is 5.91 Å². The fraction of sp³-hybridized carbons (Fsp3) is 0.0833. The second kappa shape index (κ2) is 15.1. The van der Waals surface area contributed by atoms with Gasteiger partial charge in [-0.1, -0.05) is 59.6 Å². The fourth-order valence-electron chi connectivity index (χ4n) is 4.55. The van der Waals surface area contributed by atoms with Gasteiger partial charge in [-0.05, 0) is 95.7 Å². The van der Waals surface area contributed by atoms with E-state index in [0.29, 0.717) is 43.1 Å². The van der Waals surface area contributed by atoms with Crippen LogP contribution in [0, 0.1) is 0 Å². The molecule has 0 N–H and O–H groups in total. The minimum absolute atomic E-state index is 0.208. The van der Waals surface area contributed by atoms with E-state index in [0.717, 1.165) is 22.4 Å². The lowest BCUT2D eigenvalue weighted by Crippen LogP contribution is -2.28. The van der Waals surface area contributed by atoms with Gasteiger partial charge >= 0.3 is 0 Å². The number of thioether (sulfide) groups is 1. The Bertz CT molecular complexity index is 1960. The number of amidine groups is 1. The van der Waals surface area contributed by atoms with Crippen LogP contribution in [-0.2, 0) is 17.9 Å². The molecular formula is C36H27Cl2N3O5S. The van der Waals surface area contributed by atoms with Gasteiger partial charge < -0.3 is 18.6 Å². The molecule has 1 aliphatic heterocycles. The number of rotatable bonds is 11. The van der Waals surface area contributed by atoms with Crippen molar-refractivity contribution in [2.24, 2.45) is 10.2 Å². The smallest absolute Gasteiger partial charge is 0.267 e. The van der Waals surface area contributed by atoms with Gasteiger partial charge in [0.15, 0.2) is 16.7 Å². The zero-order valence-electron chi connectivity index (χ0n) is 25.0. The molecule has 2 heterocycles. The van der Waals surface area contributed by atoms with Crippen LogP contribution < -0.4 is 14.2 Å². The number of carbonyl (C=O) groups is 1. The highest BCUT2D eigenvalue weighted by Crippen LogP contribution is 2.35. The highest BCUT2D eigenvalue weighted by atomic mass is 35.5. The van der Waals surface area contributed by atoms with Crippen LogP contribution in [0.25, 0.3) is 6.08 Å². The Morgan fingerprint density at radius 1 is 0.872 bits per heavy atom. The number of benzene rings is 4. The Kier molecular flexibility index (Phi) is 10.3. The number of halogens is 2. The molecule has 236 valence electrons. The van der Waals surface area contributed by atoms with E-state index in [2.05, 4.69) is 10.2 Å². The minimum Gasteiger partial charge on any atom is -0.493 e. The number of ether oxygens (including phenoxy) is 3. The third-order valence-corrected chi connectivity index (χ3v) is 8.44. The van der Waals surface area contributed by atoms with Gasteiger partial charge in [-0.2, -0.15) is 5.10 Å². The lowest BCUT2D eigenvalue weighted by Gasteiger charge is -2.13. The molecule has 1 aliphatic rings. The SMILES string of the molecule is COc1cc(/C=N/N=C2\S/C(=C\c3cccc(Oc4ccccc4)c3)C(=O)N2Cc2ccco2)ccc1OCc1ccc(Cl)cc1Cl. The molecule has 4 aromatic carbocycles. The highest BCUT2D eigenvalue weighted by molar-refractivity contribution is 8.18. The molecule has 1 saturated heterocycles. The number of methoxy groups -OCH3 is 1. The van der Waals surface area contributed by atoms with Crippen molar-refractivity contribution in [3.8, 4) is 23.0 Å². The van der Waals surface area contributed by atoms with E-state index in [4.69, 9.17) is 41.8 Å². The van der Waals surface area contributed by atoms with Crippen LogP contribution in [0.4, 0.5) is 0 Å². The predicted octanol–water partition coefficient (Wildman–Crippen LogP) is 9.47. The molecule has 6 rings (SSSR count). The Balaban J connectivity index is 1.19. The maximum absolute atomic E-state index is 13.6. The lowest BCUT2D eigenvalue weighted by atomic mass is 10.2. The average Bonchev–Trinajstić information content (AvgIpc) is 3.70. The van der Waals surface area contributed by atoms with Crippen molar-refractivity contribution in [2.75, 3.05) is 7.11 Å². The van der Waals surface area contributed by atoms with E-state index in [1.54, 1.807) is 49.9 Å². The first-order valence-corrected chi connectivity index (χ1v) is 15.9. The molecule has 5 aromatic rings. The second-order valence-corrected chi connectivity index (χ2v) is 12.0. The summed E-state index contributed by atoms with van der Waals surface area (Å²) in [4.78, 5) is 15.6. The van der Waals surface area contributed by atoms with Gasteiger partial charge in [0.1, 0.15) is 23.9 Å². The van der Waals surface area contributed by atoms with Gasteiger partial charge in [-0.25, -0.2) is 0 Å². The molecule has 1 fully saturated rings. The third kappa shape index (κ3) is 8.26. The number of hydrogen-bond donors (Lipinski definition) is 0. The molecule has 47 heavy (non-hydrogen) atoms. The average molecular weight is 685 g/mol. The molecule has 0 spiro atoms. The van der Waals surface area contributed by atoms with Crippen molar-refractivity contribution in [1.82, 2.24) is 4.90 Å². The maximum Gasteiger partial charge on any atom is 0.267 e. The first-order valence-electron chi connectivity index (χ1n) is 14.4. The maximum atomic E-state index is 13.6. The molecule has 0 bridgehead atoms. The van der Waals surface area contributed by atoms with Crippen molar-refractivity contribution in [3.63, 3.8) is 0 Å². The van der Waals surface area contributed by atoms with E-state index in [1.807, 2.05) is 78.9 Å². The molecule has 0 unspecified atom stereocenters. The van der Waals surface area contributed by atoms with Crippen molar-refractivity contribution in [1.29, 1.82) is 0 Å². The predicted molar refractivity (Wildman–Crippen MR) is 187 cm³/mol. The Morgan fingerprint density at radius 3 is 2.51 bits per heavy atom. The minimum atomic E-state index is -0.210. The first-order chi connectivity index (χ1) is 22.9. The summed E-state index contributed by atoms with van der Waals surface area (Å²) in [6.07, 6.45) is 4.96. The van der Waals surface area contributed by atoms with Gasteiger partial charge in [0.05, 0.1) is 31.0 Å². The van der Waals surface area contributed by atoms with Gasteiger partial charge in [-0.3, -0.25) is 9.69 Å². The number of amides is 1. The highest BCUT2D eigenvalue weighted by Gasteiger charge is 2.34. The van der Waals surface area contributed by atoms with Crippen LogP contribution in [0.3, 0.4) is 0 Å². The topological polar surface area (TPSA) is 85.9 Å². The molecule has 1 amide bonds. The van der Waals surface area contributed by atoms with Crippen LogP contribution in [0.5, 0.6) is 23.0 Å². The largest absolute Gasteiger partial charge is 0.493 e. The van der Waals surface area contributed by atoms with Crippen LogP contribution >= 0.6 is 35.0 Å². The molecule has 0 radical (unpaired) electrons. The summed E-state index contributed by atoms with van der Waals surface area (Å²) in [5.74, 6) is 2.85. The van der Waals surface area contributed by atoms with Crippen LogP contribution in [-0.4, -0.2) is 29.3 Å². The molecule has 0 aliphatic carbocycles. The van der Waals surface area contributed by atoms with Crippen molar-refractivity contribution in [3.05, 3.63) is 147 Å². The van der Waals surface area contributed by atoms with E-state index < -0.39 is 0 Å². The fourth-order valence-corrected chi connectivity index (χ4v) is 5.94. The summed E-state index contributed by atoms with van der Waals surface area (Å²) in [6, 6.07) is 31.3. The lowest BCUT2D eigenvalue weighted by molar-refractivity contribution is -0.122. The van der Waals surface area contributed by atoms with Crippen LogP contribution in [0.2, 0.25) is 10.0 Å². The Labute approximate surface area is 285 Å². The van der Waals surface area contributed by atoms with Gasteiger partial charge in [-0.15, -0.1) is 5.10 Å². The molecule has 0 atom stereocenters. The van der Waals surface area contributed by atoms with E-state index >= 15 is 0 Å². The van der Waals surface area contributed by atoms with Gasteiger partial charge in [0.2, 0.25) is 0 Å². The molecule has 11 heteroatoms. The second-order valence-electron chi connectivity index (χ2n) is 10.1. The normalized spacial score (nSPS) is 14.8. The first kappa shape index (κ1) is 32.0. The summed E-state index contributed by atoms with van der Waals surface area (Å²) < 4.78 is 23.0. The number of para-hydroxylation sites is 1. The van der Waals surface area contributed by atoms with Crippen molar-refractivity contribution >= 4 is 58.3 Å².